The molecule has 2 nitrogen and oxygen atoms in total. The SMILES string of the molecule is [CH2]CCCCCc1cccc(C(=O)O)c1. The molecule has 0 unspecified atom stereocenters. The summed E-state index contributed by atoms with van der Waals surface area (Å²) in [6.45, 7) is 3.79. The number of hydrogen-bond donors (Lipinski definition) is 1. The zero-order valence-electron chi connectivity index (χ0n) is 8.91. The first-order chi connectivity index (χ1) is 7.24. The fraction of sp³-hybridized carbons (Fsp3) is 0.385. The molecule has 1 aromatic carbocycles. The van der Waals surface area contributed by atoms with Gasteiger partial charge in [-0.05, 0) is 30.5 Å². The Morgan fingerprint density at radius 3 is 2.73 bits per heavy atom. The monoisotopic (exact) mass is 205 g/mol. The smallest absolute Gasteiger partial charge is 0.335 e. The largest absolute Gasteiger partial charge is 0.478 e. The van der Waals surface area contributed by atoms with Gasteiger partial charge in [-0.25, -0.2) is 4.79 Å². The lowest BCUT2D eigenvalue weighted by Crippen LogP contribution is -1.97. The molecule has 0 saturated heterocycles. The molecule has 0 bridgehead atoms. The third kappa shape index (κ3) is 4.15. The Balaban J connectivity index is 2.47. The van der Waals surface area contributed by atoms with Crippen molar-refractivity contribution < 1.29 is 9.90 Å². The number of carboxylic acids is 1. The van der Waals surface area contributed by atoms with Crippen LogP contribution in [0.15, 0.2) is 24.3 Å². The van der Waals surface area contributed by atoms with Crippen molar-refractivity contribution in [3.8, 4) is 0 Å². The van der Waals surface area contributed by atoms with Crippen LogP contribution >= 0.6 is 0 Å². The number of aromatic carboxylic acids is 1. The Labute approximate surface area is 90.9 Å². The van der Waals surface area contributed by atoms with Gasteiger partial charge in [-0.2, -0.15) is 0 Å². The second-order valence-electron chi connectivity index (χ2n) is 3.67. The number of hydrogen-bond acceptors (Lipinski definition) is 1. The van der Waals surface area contributed by atoms with Gasteiger partial charge in [-0.1, -0.05) is 38.3 Å². The van der Waals surface area contributed by atoms with E-state index in [1.807, 2.05) is 6.07 Å². The van der Waals surface area contributed by atoms with Crippen molar-refractivity contribution in [1.82, 2.24) is 0 Å². The van der Waals surface area contributed by atoms with Crippen LogP contribution in [-0.4, -0.2) is 11.1 Å². The fourth-order valence-electron chi connectivity index (χ4n) is 1.54. The van der Waals surface area contributed by atoms with E-state index in [9.17, 15) is 4.79 Å². The minimum Gasteiger partial charge on any atom is -0.478 e. The summed E-state index contributed by atoms with van der Waals surface area (Å²) in [7, 11) is 0. The van der Waals surface area contributed by atoms with Crippen LogP contribution in [0.5, 0.6) is 0 Å². The minimum atomic E-state index is -0.852. The summed E-state index contributed by atoms with van der Waals surface area (Å²) in [6.07, 6.45) is 5.37. The highest BCUT2D eigenvalue weighted by Crippen LogP contribution is 2.10. The molecule has 1 aromatic rings. The summed E-state index contributed by atoms with van der Waals surface area (Å²) in [5.74, 6) is -0.852. The van der Waals surface area contributed by atoms with Gasteiger partial charge < -0.3 is 5.11 Å². The van der Waals surface area contributed by atoms with Gasteiger partial charge in [-0.15, -0.1) is 0 Å². The van der Waals surface area contributed by atoms with Gasteiger partial charge in [0.25, 0.3) is 0 Å². The second-order valence-corrected chi connectivity index (χ2v) is 3.67. The minimum absolute atomic E-state index is 0.379. The zero-order chi connectivity index (χ0) is 11.1. The number of rotatable bonds is 6. The summed E-state index contributed by atoms with van der Waals surface area (Å²) in [4.78, 5) is 10.7. The van der Waals surface area contributed by atoms with Crippen molar-refractivity contribution in [2.75, 3.05) is 0 Å². The second kappa shape index (κ2) is 6.23. The quantitative estimate of drug-likeness (QED) is 0.723. The standard InChI is InChI=1S/C13H17O2/c1-2-3-4-5-7-11-8-6-9-12(10-11)13(14)15/h6,8-10H,1-5,7H2,(H,14,15). The van der Waals surface area contributed by atoms with Crippen LogP contribution in [0, 0.1) is 6.92 Å². The molecule has 1 N–H and O–H groups in total. The van der Waals surface area contributed by atoms with E-state index in [0.29, 0.717) is 5.56 Å². The van der Waals surface area contributed by atoms with Gasteiger partial charge >= 0.3 is 5.97 Å². The van der Waals surface area contributed by atoms with Crippen LogP contribution in [0.2, 0.25) is 0 Å². The predicted molar refractivity (Wildman–Crippen MR) is 60.9 cm³/mol. The molecule has 15 heavy (non-hydrogen) atoms. The maximum absolute atomic E-state index is 10.7. The number of unbranched alkanes of at least 4 members (excludes halogenated alkanes) is 3. The number of benzene rings is 1. The molecule has 0 aliphatic rings. The first kappa shape index (κ1) is 11.8. The maximum atomic E-state index is 10.7. The molecular formula is C13H17O2. The summed E-state index contributed by atoms with van der Waals surface area (Å²) in [5.41, 5.74) is 1.49. The molecule has 0 fully saturated rings. The third-order valence-corrected chi connectivity index (χ3v) is 2.39. The van der Waals surface area contributed by atoms with Crippen molar-refractivity contribution in [2.45, 2.75) is 32.1 Å². The van der Waals surface area contributed by atoms with Crippen LogP contribution in [0.4, 0.5) is 0 Å². The molecule has 0 spiro atoms. The van der Waals surface area contributed by atoms with E-state index >= 15 is 0 Å². The maximum Gasteiger partial charge on any atom is 0.335 e. The Hall–Kier alpha value is -1.31. The van der Waals surface area contributed by atoms with Gasteiger partial charge in [0.2, 0.25) is 0 Å². The van der Waals surface area contributed by atoms with Crippen LogP contribution in [0.25, 0.3) is 0 Å². The highest BCUT2D eigenvalue weighted by molar-refractivity contribution is 5.87. The van der Waals surface area contributed by atoms with E-state index in [-0.39, 0.29) is 0 Å². The highest BCUT2D eigenvalue weighted by atomic mass is 16.4. The number of aryl methyl sites for hydroxylation is 1. The zero-order valence-corrected chi connectivity index (χ0v) is 8.91. The average molecular weight is 205 g/mol. The third-order valence-electron chi connectivity index (χ3n) is 2.39. The predicted octanol–water partition coefficient (Wildman–Crippen LogP) is 3.32. The first-order valence-electron chi connectivity index (χ1n) is 5.35. The molecule has 1 rings (SSSR count). The number of carboxylic acid groups (broad SMARTS) is 1. The molecule has 2 heteroatoms. The van der Waals surface area contributed by atoms with Gasteiger partial charge in [0.15, 0.2) is 0 Å². The molecular weight excluding hydrogens is 188 g/mol. The summed E-state index contributed by atoms with van der Waals surface area (Å²) >= 11 is 0. The Morgan fingerprint density at radius 2 is 2.07 bits per heavy atom. The first-order valence-corrected chi connectivity index (χ1v) is 5.35. The summed E-state index contributed by atoms with van der Waals surface area (Å²) in [5, 5.41) is 8.81. The van der Waals surface area contributed by atoms with E-state index in [1.54, 1.807) is 18.2 Å². The van der Waals surface area contributed by atoms with Crippen LogP contribution in [0.1, 0.15) is 41.6 Å². The lowest BCUT2D eigenvalue weighted by Gasteiger charge is -2.02. The van der Waals surface area contributed by atoms with E-state index in [4.69, 9.17) is 5.11 Å². The van der Waals surface area contributed by atoms with Crippen molar-refractivity contribution in [1.29, 1.82) is 0 Å². The lowest BCUT2D eigenvalue weighted by molar-refractivity contribution is 0.0697. The molecule has 81 valence electrons. The Kier molecular flexibility index (Phi) is 4.88. The molecule has 0 aromatic heterocycles. The molecule has 0 saturated carbocycles. The van der Waals surface area contributed by atoms with E-state index in [2.05, 4.69) is 6.92 Å². The number of carbonyl (C=O) groups is 1. The molecule has 0 heterocycles. The van der Waals surface area contributed by atoms with Crippen LogP contribution in [0.3, 0.4) is 0 Å². The van der Waals surface area contributed by atoms with E-state index in [0.717, 1.165) is 31.2 Å². The van der Waals surface area contributed by atoms with Gasteiger partial charge in [0, 0.05) is 0 Å². The topological polar surface area (TPSA) is 37.3 Å². The van der Waals surface area contributed by atoms with E-state index in [1.165, 1.54) is 6.42 Å². The van der Waals surface area contributed by atoms with Crippen molar-refractivity contribution in [2.24, 2.45) is 0 Å². The molecule has 0 aliphatic carbocycles. The highest BCUT2D eigenvalue weighted by Gasteiger charge is 2.02. The van der Waals surface area contributed by atoms with Crippen molar-refractivity contribution in [3.05, 3.63) is 42.3 Å². The lowest BCUT2D eigenvalue weighted by atomic mass is 10.0. The molecule has 0 aliphatic heterocycles. The van der Waals surface area contributed by atoms with Crippen LogP contribution < -0.4 is 0 Å². The summed E-state index contributed by atoms with van der Waals surface area (Å²) in [6, 6.07) is 7.17. The molecule has 0 atom stereocenters. The van der Waals surface area contributed by atoms with Crippen molar-refractivity contribution >= 4 is 5.97 Å². The average Bonchev–Trinajstić information content (AvgIpc) is 2.25. The molecule has 0 amide bonds. The van der Waals surface area contributed by atoms with Crippen LogP contribution in [-0.2, 0) is 6.42 Å². The Bertz CT molecular complexity index is 318. The van der Waals surface area contributed by atoms with Gasteiger partial charge in [0.1, 0.15) is 0 Å². The molecule has 1 radical (unpaired) electrons. The van der Waals surface area contributed by atoms with Gasteiger partial charge in [0.05, 0.1) is 5.56 Å². The van der Waals surface area contributed by atoms with E-state index < -0.39 is 5.97 Å². The van der Waals surface area contributed by atoms with Crippen molar-refractivity contribution in [3.63, 3.8) is 0 Å². The fourth-order valence-corrected chi connectivity index (χ4v) is 1.54. The van der Waals surface area contributed by atoms with Gasteiger partial charge in [-0.3, -0.25) is 0 Å². The summed E-state index contributed by atoms with van der Waals surface area (Å²) < 4.78 is 0. The Morgan fingerprint density at radius 1 is 1.27 bits per heavy atom. The normalized spacial score (nSPS) is 10.2.